The number of rotatable bonds is 9. The minimum absolute atomic E-state index is 0.0497. The van der Waals surface area contributed by atoms with Gasteiger partial charge in [-0.3, -0.25) is 14.9 Å². The van der Waals surface area contributed by atoms with E-state index >= 15 is 0 Å². The minimum Gasteiger partial charge on any atom is -0.460 e. The van der Waals surface area contributed by atoms with Crippen LogP contribution in [0.2, 0.25) is 0 Å². The van der Waals surface area contributed by atoms with Crippen LogP contribution in [0.15, 0.2) is 54.6 Å². The van der Waals surface area contributed by atoms with E-state index in [0.717, 1.165) is 0 Å². The average Bonchev–Trinajstić information content (AvgIpc) is 2.70. The number of carbonyl (C=O) groups excluding carboxylic acids is 2. The van der Waals surface area contributed by atoms with Crippen molar-refractivity contribution in [2.75, 3.05) is 25.1 Å². The van der Waals surface area contributed by atoms with Gasteiger partial charge in [-0.15, -0.1) is 0 Å². The van der Waals surface area contributed by atoms with Gasteiger partial charge >= 0.3 is 5.97 Å². The van der Waals surface area contributed by atoms with Gasteiger partial charge in [-0.05, 0) is 42.8 Å². The van der Waals surface area contributed by atoms with Crippen molar-refractivity contribution in [2.45, 2.75) is 6.92 Å². The van der Waals surface area contributed by atoms with Crippen LogP contribution >= 0.6 is 0 Å². The zero-order chi connectivity index (χ0) is 20.4. The third-order valence-electron chi connectivity index (χ3n) is 3.56. The summed E-state index contributed by atoms with van der Waals surface area (Å²) < 4.78 is 10.1. The van der Waals surface area contributed by atoms with Crippen LogP contribution in [-0.4, -0.2) is 36.6 Å². The van der Waals surface area contributed by atoms with E-state index in [1.54, 1.807) is 36.4 Å². The number of esters is 1. The second-order valence-electron chi connectivity index (χ2n) is 5.58. The Balaban J connectivity index is 1.89. The molecule has 0 saturated heterocycles. The summed E-state index contributed by atoms with van der Waals surface area (Å²) in [7, 11) is 0. The number of nitro groups is 1. The zero-order valence-electron chi connectivity index (χ0n) is 15.3. The smallest absolute Gasteiger partial charge is 0.338 e. The second kappa shape index (κ2) is 10.6. The molecule has 2 aromatic rings. The molecule has 0 spiro atoms. The first-order valence-corrected chi connectivity index (χ1v) is 8.58. The van der Waals surface area contributed by atoms with Crippen molar-refractivity contribution >= 4 is 29.3 Å². The number of hydrogen-bond donors (Lipinski definition) is 1. The van der Waals surface area contributed by atoms with E-state index in [1.807, 2.05) is 6.92 Å². The van der Waals surface area contributed by atoms with E-state index in [0.29, 0.717) is 30.0 Å². The fourth-order valence-electron chi connectivity index (χ4n) is 2.21. The van der Waals surface area contributed by atoms with Gasteiger partial charge in [-0.25, -0.2) is 4.79 Å². The first-order chi connectivity index (χ1) is 13.5. The number of nitro benzene ring substituents is 1. The number of nitrogens with zero attached hydrogens (tertiary/aromatic N) is 1. The molecule has 0 radical (unpaired) electrons. The highest BCUT2D eigenvalue weighted by atomic mass is 16.6. The maximum absolute atomic E-state index is 12.0. The summed E-state index contributed by atoms with van der Waals surface area (Å²) in [5, 5.41) is 13.4. The van der Waals surface area contributed by atoms with Crippen LogP contribution in [0.25, 0.3) is 6.08 Å². The van der Waals surface area contributed by atoms with Crippen molar-refractivity contribution in [3.63, 3.8) is 0 Å². The highest BCUT2D eigenvalue weighted by molar-refractivity contribution is 6.02. The lowest BCUT2D eigenvalue weighted by Crippen LogP contribution is -2.11. The molecule has 0 aromatic heterocycles. The highest BCUT2D eigenvalue weighted by Gasteiger charge is 2.08. The third kappa shape index (κ3) is 6.65. The quantitative estimate of drug-likeness (QED) is 0.233. The molecule has 8 heteroatoms. The number of anilines is 1. The summed E-state index contributed by atoms with van der Waals surface area (Å²) in [6.07, 6.45) is 2.75. The maximum atomic E-state index is 12.0. The van der Waals surface area contributed by atoms with E-state index in [9.17, 15) is 19.7 Å². The van der Waals surface area contributed by atoms with E-state index in [-0.39, 0.29) is 12.3 Å². The molecule has 1 N–H and O–H groups in total. The van der Waals surface area contributed by atoms with E-state index in [4.69, 9.17) is 9.47 Å². The van der Waals surface area contributed by atoms with Crippen LogP contribution in [0.1, 0.15) is 22.8 Å². The van der Waals surface area contributed by atoms with Crippen molar-refractivity contribution in [2.24, 2.45) is 0 Å². The van der Waals surface area contributed by atoms with Crippen LogP contribution in [0.4, 0.5) is 11.4 Å². The second-order valence-corrected chi connectivity index (χ2v) is 5.58. The molecular formula is C20H20N2O6. The Morgan fingerprint density at radius 2 is 1.89 bits per heavy atom. The van der Waals surface area contributed by atoms with Gasteiger partial charge in [0.05, 0.1) is 17.1 Å². The van der Waals surface area contributed by atoms with E-state index < -0.39 is 16.8 Å². The van der Waals surface area contributed by atoms with Gasteiger partial charge in [0.1, 0.15) is 6.61 Å². The summed E-state index contributed by atoms with van der Waals surface area (Å²) in [5.41, 5.74) is 1.35. The molecule has 8 nitrogen and oxygen atoms in total. The Morgan fingerprint density at radius 1 is 1.14 bits per heavy atom. The molecule has 2 rings (SSSR count). The molecule has 0 aliphatic rings. The van der Waals surface area contributed by atoms with Gasteiger partial charge in [0, 0.05) is 30.5 Å². The van der Waals surface area contributed by atoms with E-state index in [1.165, 1.54) is 24.3 Å². The third-order valence-corrected chi connectivity index (χ3v) is 3.56. The van der Waals surface area contributed by atoms with Gasteiger partial charge in [0.25, 0.3) is 5.69 Å². The highest BCUT2D eigenvalue weighted by Crippen LogP contribution is 2.15. The Kier molecular flexibility index (Phi) is 7.86. The summed E-state index contributed by atoms with van der Waals surface area (Å²) in [4.78, 5) is 34.1. The molecule has 0 aliphatic heterocycles. The van der Waals surface area contributed by atoms with Gasteiger partial charge < -0.3 is 14.8 Å². The monoisotopic (exact) mass is 384 g/mol. The molecule has 0 fully saturated rings. The molecule has 2 aromatic carbocycles. The maximum Gasteiger partial charge on any atom is 0.338 e. The number of benzene rings is 2. The van der Waals surface area contributed by atoms with Crippen LogP contribution < -0.4 is 5.32 Å². The van der Waals surface area contributed by atoms with Crippen molar-refractivity contribution in [3.8, 4) is 0 Å². The predicted molar refractivity (Wildman–Crippen MR) is 104 cm³/mol. The molecule has 146 valence electrons. The van der Waals surface area contributed by atoms with Gasteiger partial charge in [-0.2, -0.15) is 0 Å². The summed E-state index contributed by atoms with van der Waals surface area (Å²) in [5.74, 6) is -0.873. The van der Waals surface area contributed by atoms with Crippen LogP contribution in [-0.2, 0) is 14.3 Å². The Labute approximate surface area is 161 Å². The van der Waals surface area contributed by atoms with Crippen molar-refractivity contribution in [3.05, 3.63) is 75.8 Å². The minimum atomic E-state index is -0.499. The van der Waals surface area contributed by atoms with Gasteiger partial charge in [0.2, 0.25) is 5.91 Å². The molecule has 0 bridgehead atoms. The standard InChI is InChI=1S/C20H20N2O6/c1-2-27-12-13-28-20(24)16-7-9-17(10-8-16)21-19(23)11-6-15-4-3-5-18(14-15)22(25)26/h3-11,14H,2,12-13H2,1H3,(H,21,23)/b11-6+. The number of amides is 1. The molecule has 1 amide bonds. The number of ether oxygens (including phenoxy) is 2. The van der Waals surface area contributed by atoms with Gasteiger partial charge in [-0.1, -0.05) is 12.1 Å². The Hall–Kier alpha value is -3.52. The first kappa shape index (κ1) is 20.8. The molecular weight excluding hydrogens is 364 g/mol. The number of non-ortho nitro benzene ring substituents is 1. The molecule has 28 heavy (non-hydrogen) atoms. The lowest BCUT2D eigenvalue weighted by Gasteiger charge is -2.06. The molecule has 0 unspecified atom stereocenters. The zero-order valence-corrected chi connectivity index (χ0v) is 15.3. The SMILES string of the molecule is CCOCCOC(=O)c1ccc(NC(=O)/C=C/c2cccc([N+](=O)[O-])c2)cc1. The van der Waals surface area contributed by atoms with Crippen LogP contribution in [0.3, 0.4) is 0 Å². The van der Waals surface area contributed by atoms with Gasteiger partial charge in [0.15, 0.2) is 0 Å². The van der Waals surface area contributed by atoms with E-state index in [2.05, 4.69) is 5.32 Å². The van der Waals surface area contributed by atoms with Crippen LogP contribution in [0.5, 0.6) is 0 Å². The van der Waals surface area contributed by atoms with Crippen LogP contribution in [0, 0.1) is 10.1 Å². The predicted octanol–water partition coefficient (Wildman–Crippen LogP) is 3.44. The Morgan fingerprint density at radius 3 is 2.57 bits per heavy atom. The summed E-state index contributed by atoms with van der Waals surface area (Å²) in [6.45, 7) is 2.93. The lowest BCUT2D eigenvalue weighted by atomic mass is 10.2. The van der Waals surface area contributed by atoms with Crippen molar-refractivity contribution < 1.29 is 24.0 Å². The summed E-state index contributed by atoms with van der Waals surface area (Å²) in [6, 6.07) is 12.2. The fourth-order valence-corrected chi connectivity index (χ4v) is 2.21. The topological polar surface area (TPSA) is 108 Å². The normalized spacial score (nSPS) is 10.6. The molecule has 0 heterocycles. The first-order valence-electron chi connectivity index (χ1n) is 8.58. The summed E-state index contributed by atoms with van der Waals surface area (Å²) >= 11 is 0. The average molecular weight is 384 g/mol. The fraction of sp³-hybridized carbons (Fsp3) is 0.200. The number of nitrogens with one attached hydrogen (secondary N) is 1. The van der Waals surface area contributed by atoms with Crippen molar-refractivity contribution in [1.29, 1.82) is 0 Å². The number of carbonyl (C=O) groups is 2. The molecule has 0 saturated carbocycles. The number of hydrogen-bond acceptors (Lipinski definition) is 6. The van der Waals surface area contributed by atoms with Crippen molar-refractivity contribution in [1.82, 2.24) is 0 Å². The lowest BCUT2D eigenvalue weighted by molar-refractivity contribution is -0.384. The molecule has 0 atom stereocenters. The largest absolute Gasteiger partial charge is 0.460 e. The Bertz CT molecular complexity index is 861. The molecule has 0 aliphatic carbocycles.